The van der Waals surface area contributed by atoms with E-state index in [0.717, 1.165) is 19.2 Å². The molecule has 5 heterocycles. The summed E-state index contributed by atoms with van der Waals surface area (Å²) >= 11 is 0. The van der Waals surface area contributed by atoms with Crippen LogP contribution in [0.15, 0.2) is 36.7 Å². The molecular formula is C26H26F2N8O. The second kappa shape index (κ2) is 8.84. The molecule has 4 aromatic rings. The van der Waals surface area contributed by atoms with E-state index in [1.54, 1.807) is 18.2 Å². The number of imidazole rings is 1. The van der Waals surface area contributed by atoms with E-state index in [0.29, 0.717) is 35.3 Å². The molecule has 2 bridgehead atoms. The van der Waals surface area contributed by atoms with Crippen LogP contribution in [0.1, 0.15) is 42.5 Å². The van der Waals surface area contributed by atoms with Crippen LogP contribution < -0.4 is 10.6 Å². The number of likely N-dealkylation sites (tertiary alicyclic amines) is 1. The van der Waals surface area contributed by atoms with Crippen LogP contribution in [0.2, 0.25) is 0 Å². The van der Waals surface area contributed by atoms with Crippen LogP contribution in [-0.2, 0) is 0 Å². The van der Waals surface area contributed by atoms with Gasteiger partial charge in [-0.15, -0.1) is 0 Å². The van der Waals surface area contributed by atoms with E-state index in [4.69, 9.17) is 0 Å². The van der Waals surface area contributed by atoms with Gasteiger partial charge in [-0.1, -0.05) is 0 Å². The molecule has 2 fully saturated rings. The Bertz CT molecular complexity index is 1520. The van der Waals surface area contributed by atoms with Gasteiger partial charge in [-0.3, -0.25) is 4.79 Å². The summed E-state index contributed by atoms with van der Waals surface area (Å²) in [6.07, 6.45) is 3.53. The maximum atomic E-state index is 14.9. The molecule has 0 radical (unpaired) electrons. The molecule has 2 atom stereocenters. The lowest BCUT2D eigenvalue weighted by molar-refractivity contribution is 0.0715. The highest BCUT2D eigenvalue weighted by molar-refractivity contribution is 5.94. The van der Waals surface area contributed by atoms with Crippen molar-refractivity contribution >= 4 is 28.7 Å². The molecule has 1 amide bonds. The fraction of sp³-hybridized carbons (Fsp3) is 0.346. The number of benzene rings is 1. The van der Waals surface area contributed by atoms with Crippen LogP contribution >= 0.6 is 0 Å². The number of hydrogen-bond donors (Lipinski definition) is 2. The van der Waals surface area contributed by atoms with Crippen molar-refractivity contribution in [2.24, 2.45) is 0 Å². The monoisotopic (exact) mass is 504 g/mol. The highest BCUT2D eigenvalue weighted by Crippen LogP contribution is 2.30. The van der Waals surface area contributed by atoms with Crippen LogP contribution in [0, 0.1) is 18.6 Å². The molecule has 3 aromatic heterocycles. The molecule has 0 saturated carbocycles. The van der Waals surface area contributed by atoms with Crippen LogP contribution in [0.5, 0.6) is 0 Å². The first-order valence-electron chi connectivity index (χ1n) is 12.3. The number of nitrogens with zero attached hydrogens (tertiary/aromatic N) is 6. The fourth-order valence-electron chi connectivity index (χ4n) is 5.37. The second-order valence-corrected chi connectivity index (χ2v) is 9.85. The van der Waals surface area contributed by atoms with E-state index in [2.05, 4.69) is 30.6 Å². The summed E-state index contributed by atoms with van der Waals surface area (Å²) in [7, 11) is 0. The number of piperazine rings is 1. The Labute approximate surface area is 212 Å². The van der Waals surface area contributed by atoms with Crippen molar-refractivity contribution < 1.29 is 13.6 Å². The lowest BCUT2D eigenvalue weighted by atomic mass is 10.1. The smallest absolute Gasteiger partial charge is 0.255 e. The normalized spacial score (nSPS) is 18.8. The third kappa shape index (κ3) is 4.08. The first-order chi connectivity index (χ1) is 17.8. The maximum absolute atomic E-state index is 14.9. The molecule has 2 aliphatic rings. The Hall–Kier alpha value is -3.99. The summed E-state index contributed by atoms with van der Waals surface area (Å²) in [6.45, 7) is 7.29. The van der Waals surface area contributed by atoms with Gasteiger partial charge in [-0.25, -0.2) is 28.7 Å². The van der Waals surface area contributed by atoms with Gasteiger partial charge in [0.1, 0.15) is 22.9 Å². The lowest BCUT2D eigenvalue weighted by Crippen LogP contribution is -2.46. The van der Waals surface area contributed by atoms with Gasteiger partial charge in [0, 0.05) is 43.0 Å². The van der Waals surface area contributed by atoms with Crippen LogP contribution in [0.3, 0.4) is 0 Å². The Morgan fingerprint density at radius 3 is 2.65 bits per heavy atom. The summed E-state index contributed by atoms with van der Waals surface area (Å²) in [4.78, 5) is 31.7. The van der Waals surface area contributed by atoms with Crippen LogP contribution in [0.25, 0.3) is 22.3 Å². The van der Waals surface area contributed by atoms with Crippen LogP contribution in [0.4, 0.5) is 20.5 Å². The van der Waals surface area contributed by atoms with E-state index < -0.39 is 11.6 Å². The number of rotatable bonds is 5. The van der Waals surface area contributed by atoms with Crippen molar-refractivity contribution in [1.82, 2.24) is 34.7 Å². The molecule has 190 valence electrons. The van der Waals surface area contributed by atoms with Gasteiger partial charge in [0.25, 0.3) is 5.91 Å². The third-order valence-corrected chi connectivity index (χ3v) is 7.03. The summed E-state index contributed by atoms with van der Waals surface area (Å²) in [5, 5.41) is 6.33. The van der Waals surface area contributed by atoms with Gasteiger partial charge in [-0.2, -0.15) is 0 Å². The van der Waals surface area contributed by atoms with E-state index in [1.165, 1.54) is 12.3 Å². The molecule has 6 rings (SSSR count). The molecule has 2 saturated heterocycles. The second-order valence-electron chi connectivity index (χ2n) is 9.85. The topological polar surface area (TPSA) is 101 Å². The van der Waals surface area contributed by atoms with Gasteiger partial charge < -0.3 is 20.1 Å². The molecule has 37 heavy (non-hydrogen) atoms. The van der Waals surface area contributed by atoms with Crippen LogP contribution in [-0.4, -0.2) is 60.5 Å². The first kappa shape index (κ1) is 23.4. The number of fused-ring (bicyclic) bond motifs is 3. The van der Waals surface area contributed by atoms with Crippen molar-refractivity contribution in [3.05, 3.63) is 59.7 Å². The Morgan fingerprint density at radius 2 is 1.97 bits per heavy atom. The Morgan fingerprint density at radius 1 is 1.14 bits per heavy atom. The van der Waals surface area contributed by atoms with Gasteiger partial charge in [-0.05, 0) is 51.5 Å². The Balaban J connectivity index is 1.26. The highest BCUT2D eigenvalue weighted by Gasteiger charge is 2.40. The van der Waals surface area contributed by atoms with E-state index in [9.17, 15) is 13.6 Å². The number of carbonyl (C=O) groups is 1. The zero-order valence-corrected chi connectivity index (χ0v) is 20.7. The number of aryl methyl sites for hydroxylation is 1. The number of pyridine rings is 1. The van der Waals surface area contributed by atoms with E-state index in [1.807, 2.05) is 30.2 Å². The summed E-state index contributed by atoms with van der Waals surface area (Å²) in [5.74, 6) is -0.102. The molecule has 2 N–H and O–H groups in total. The minimum Gasteiger partial charge on any atom is -0.333 e. The molecule has 11 heteroatoms. The number of carbonyl (C=O) groups excluding carboxylic acids is 1. The summed E-state index contributed by atoms with van der Waals surface area (Å²) in [5.41, 5.74) is 1.54. The number of halogens is 2. The van der Waals surface area contributed by atoms with Gasteiger partial charge >= 0.3 is 0 Å². The van der Waals surface area contributed by atoms with Crippen molar-refractivity contribution in [2.75, 3.05) is 18.4 Å². The SMILES string of the molecule is Cc1nc2c(F)cc(-c3nc(Nc4ccc(C(=O)N5CC6CC5CN6)cn4)ncc3F)cc2n1C(C)C. The number of amides is 1. The number of hydrogen-bond acceptors (Lipinski definition) is 7. The number of anilines is 2. The zero-order chi connectivity index (χ0) is 25.8. The quantitative estimate of drug-likeness (QED) is 0.424. The maximum Gasteiger partial charge on any atom is 0.255 e. The fourth-order valence-corrected chi connectivity index (χ4v) is 5.37. The molecule has 9 nitrogen and oxygen atoms in total. The summed E-state index contributed by atoms with van der Waals surface area (Å²) in [6, 6.07) is 6.92. The standard InChI is InChI=1S/C26H26F2N8O/c1-13(2)36-14(3)32-24-19(27)6-16(7-21(24)36)23-20(28)11-31-26(34-23)33-22-5-4-15(9-30-22)25(37)35-12-17-8-18(35)10-29-17/h4-7,9,11,13,17-18,29H,8,10,12H2,1-3H3,(H,30,31,33,34). The Kier molecular flexibility index (Phi) is 5.59. The molecule has 0 aliphatic carbocycles. The minimum atomic E-state index is -0.681. The highest BCUT2D eigenvalue weighted by atomic mass is 19.1. The average molecular weight is 505 g/mol. The van der Waals surface area contributed by atoms with E-state index in [-0.39, 0.29) is 40.7 Å². The number of nitrogens with one attached hydrogen (secondary N) is 2. The van der Waals surface area contributed by atoms with Crippen molar-refractivity contribution in [3.8, 4) is 11.3 Å². The van der Waals surface area contributed by atoms with Crippen molar-refractivity contribution in [2.45, 2.75) is 45.3 Å². The summed E-state index contributed by atoms with van der Waals surface area (Å²) < 4.78 is 31.6. The molecule has 1 aromatic carbocycles. The predicted molar refractivity (Wildman–Crippen MR) is 135 cm³/mol. The predicted octanol–water partition coefficient (Wildman–Crippen LogP) is 3.99. The van der Waals surface area contributed by atoms with Gasteiger partial charge in [0.05, 0.1) is 17.3 Å². The average Bonchev–Trinajstić information content (AvgIpc) is 3.59. The largest absolute Gasteiger partial charge is 0.333 e. The van der Waals surface area contributed by atoms with Crippen molar-refractivity contribution in [1.29, 1.82) is 0 Å². The van der Waals surface area contributed by atoms with Gasteiger partial charge in [0.2, 0.25) is 5.95 Å². The van der Waals surface area contributed by atoms with Gasteiger partial charge in [0.15, 0.2) is 11.6 Å². The van der Waals surface area contributed by atoms with Crippen molar-refractivity contribution in [3.63, 3.8) is 0 Å². The lowest BCUT2D eigenvalue weighted by Gasteiger charge is -2.27. The zero-order valence-electron chi connectivity index (χ0n) is 20.7. The molecular weight excluding hydrogens is 478 g/mol. The molecule has 0 spiro atoms. The minimum absolute atomic E-state index is 0.0401. The molecule has 2 aliphatic heterocycles. The number of aromatic nitrogens is 5. The third-order valence-electron chi connectivity index (χ3n) is 7.03. The molecule has 2 unspecified atom stereocenters. The first-order valence-corrected chi connectivity index (χ1v) is 12.3. The van der Waals surface area contributed by atoms with E-state index >= 15 is 0 Å².